The van der Waals surface area contributed by atoms with E-state index in [1.807, 2.05) is 0 Å². The monoisotopic (exact) mass is 257 g/mol. The molecule has 0 aromatic heterocycles. The van der Waals surface area contributed by atoms with Gasteiger partial charge in [-0.25, -0.2) is 0 Å². The van der Waals surface area contributed by atoms with E-state index in [0.29, 0.717) is 5.75 Å². The molecule has 0 bridgehead atoms. The van der Waals surface area contributed by atoms with Crippen molar-refractivity contribution in [3.63, 3.8) is 0 Å². The van der Waals surface area contributed by atoms with Gasteiger partial charge in [0, 0.05) is 16.1 Å². The van der Waals surface area contributed by atoms with E-state index in [0.717, 1.165) is 28.4 Å². The molecule has 1 aliphatic rings. The van der Waals surface area contributed by atoms with E-state index in [2.05, 4.69) is 15.9 Å². The highest BCUT2D eigenvalue weighted by Crippen LogP contribution is 2.45. The lowest BCUT2D eigenvalue weighted by Gasteiger charge is -2.12. The Morgan fingerprint density at radius 2 is 2.36 bits per heavy atom. The summed E-state index contributed by atoms with van der Waals surface area (Å²) in [4.78, 5) is 0. The summed E-state index contributed by atoms with van der Waals surface area (Å²) in [5.74, 6) is 0.670. The van der Waals surface area contributed by atoms with Crippen LogP contribution >= 0.6 is 15.9 Å². The molecule has 0 saturated carbocycles. The molecule has 0 amide bonds. The molecule has 0 unspecified atom stereocenters. The Labute approximate surface area is 91.0 Å². The zero-order valence-corrected chi connectivity index (χ0v) is 9.47. The lowest BCUT2D eigenvalue weighted by Crippen LogP contribution is -2.06. The zero-order chi connectivity index (χ0) is 10.3. The molecule has 14 heavy (non-hydrogen) atoms. The van der Waals surface area contributed by atoms with Gasteiger partial charge in [-0.2, -0.15) is 0 Å². The number of phenolic OH excluding ortho intramolecular Hbond substituents is 1. The molecule has 0 aliphatic heterocycles. The van der Waals surface area contributed by atoms with E-state index in [9.17, 15) is 5.11 Å². The van der Waals surface area contributed by atoms with Gasteiger partial charge in [-0.05, 0) is 24.5 Å². The van der Waals surface area contributed by atoms with Crippen molar-refractivity contribution < 1.29 is 9.84 Å². The number of rotatable bonds is 1. The Hall–Kier alpha value is -0.740. The van der Waals surface area contributed by atoms with Crippen molar-refractivity contribution >= 4 is 15.9 Å². The van der Waals surface area contributed by atoms with Gasteiger partial charge < -0.3 is 15.6 Å². The van der Waals surface area contributed by atoms with Crippen LogP contribution in [0.15, 0.2) is 10.5 Å². The van der Waals surface area contributed by atoms with Gasteiger partial charge in [0.1, 0.15) is 0 Å². The second-order valence-corrected chi connectivity index (χ2v) is 4.30. The maximum absolute atomic E-state index is 9.88. The van der Waals surface area contributed by atoms with Crippen LogP contribution in [0.5, 0.6) is 11.5 Å². The standard InChI is InChI=1S/C10H12BrNO2/c1-14-8-4-6(11)5-2-3-7(12)9(5)10(8)13/h4,7,13H,2-3,12H2,1H3/t7-/m1/s1. The van der Waals surface area contributed by atoms with Crippen LogP contribution in [0, 0.1) is 0 Å². The molecule has 3 nitrogen and oxygen atoms in total. The molecule has 3 N–H and O–H groups in total. The van der Waals surface area contributed by atoms with Crippen molar-refractivity contribution in [3.05, 3.63) is 21.7 Å². The number of halogens is 1. The Balaban J connectivity index is 2.65. The predicted molar refractivity (Wildman–Crippen MR) is 57.6 cm³/mol. The Kier molecular flexibility index (Phi) is 2.41. The smallest absolute Gasteiger partial charge is 0.162 e. The van der Waals surface area contributed by atoms with Crippen molar-refractivity contribution in [1.82, 2.24) is 0 Å². The molecule has 0 heterocycles. The number of aromatic hydroxyl groups is 1. The minimum Gasteiger partial charge on any atom is -0.504 e. The van der Waals surface area contributed by atoms with E-state index in [1.54, 1.807) is 6.07 Å². The number of ether oxygens (including phenoxy) is 1. The quantitative estimate of drug-likeness (QED) is 0.811. The van der Waals surface area contributed by atoms with Crippen molar-refractivity contribution in [3.8, 4) is 11.5 Å². The summed E-state index contributed by atoms with van der Waals surface area (Å²) in [7, 11) is 1.54. The van der Waals surface area contributed by atoms with E-state index in [-0.39, 0.29) is 11.8 Å². The summed E-state index contributed by atoms with van der Waals surface area (Å²) in [6, 6.07) is 1.71. The largest absolute Gasteiger partial charge is 0.504 e. The molecule has 4 heteroatoms. The normalized spacial score (nSPS) is 19.5. The molecule has 1 aromatic carbocycles. The zero-order valence-electron chi connectivity index (χ0n) is 7.88. The van der Waals surface area contributed by atoms with Crippen LogP contribution in [0.1, 0.15) is 23.6 Å². The summed E-state index contributed by atoms with van der Waals surface area (Å²) in [6.07, 6.45) is 1.79. The predicted octanol–water partition coefficient (Wildman–Crippen LogP) is 2.11. The van der Waals surface area contributed by atoms with Gasteiger partial charge in [-0.1, -0.05) is 15.9 Å². The maximum atomic E-state index is 9.88. The Morgan fingerprint density at radius 1 is 1.64 bits per heavy atom. The molecule has 1 atom stereocenters. The molecule has 0 radical (unpaired) electrons. The second kappa shape index (κ2) is 3.44. The number of phenols is 1. The first-order valence-electron chi connectivity index (χ1n) is 4.49. The van der Waals surface area contributed by atoms with Gasteiger partial charge >= 0.3 is 0 Å². The number of methoxy groups -OCH3 is 1. The average Bonchev–Trinajstić information content (AvgIpc) is 2.54. The molecule has 1 aliphatic carbocycles. The second-order valence-electron chi connectivity index (χ2n) is 3.45. The Morgan fingerprint density at radius 3 is 3.00 bits per heavy atom. The van der Waals surface area contributed by atoms with Crippen LogP contribution < -0.4 is 10.5 Å². The minimum atomic E-state index is -0.0728. The van der Waals surface area contributed by atoms with E-state index >= 15 is 0 Å². The third-order valence-corrected chi connectivity index (χ3v) is 3.36. The fourth-order valence-electron chi connectivity index (χ4n) is 1.93. The molecular weight excluding hydrogens is 246 g/mol. The van der Waals surface area contributed by atoms with Gasteiger partial charge in [0.05, 0.1) is 7.11 Å². The fraction of sp³-hybridized carbons (Fsp3) is 0.400. The third kappa shape index (κ3) is 1.29. The van der Waals surface area contributed by atoms with Crippen LogP contribution in [0.4, 0.5) is 0 Å². The molecule has 76 valence electrons. The van der Waals surface area contributed by atoms with Crippen molar-refractivity contribution in [1.29, 1.82) is 0 Å². The van der Waals surface area contributed by atoms with Crippen molar-refractivity contribution in [2.75, 3.05) is 7.11 Å². The summed E-state index contributed by atoms with van der Waals surface area (Å²) >= 11 is 3.45. The Bertz CT molecular complexity index is 379. The highest BCUT2D eigenvalue weighted by molar-refractivity contribution is 9.10. The number of fused-ring (bicyclic) bond motifs is 1. The molecular formula is C10H12BrNO2. The molecule has 0 saturated heterocycles. The fourth-order valence-corrected chi connectivity index (χ4v) is 2.55. The maximum Gasteiger partial charge on any atom is 0.162 e. The van der Waals surface area contributed by atoms with Crippen LogP contribution in [0.3, 0.4) is 0 Å². The first kappa shape index (κ1) is 9.80. The molecule has 2 rings (SSSR count). The number of benzene rings is 1. The topological polar surface area (TPSA) is 55.5 Å². The summed E-state index contributed by atoms with van der Waals surface area (Å²) in [6.45, 7) is 0. The van der Waals surface area contributed by atoms with Crippen molar-refractivity contribution in [2.45, 2.75) is 18.9 Å². The molecule has 0 fully saturated rings. The highest BCUT2D eigenvalue weighted by atomic mass is 79.9. The SMILES string of the molecule is COc1cc(Br)c2c(c1O)[C@H](N)CC2. The summed E-state index contributed by atoms with van der Waals surface area (Å²) < 4.78 is 6.03. The molecule has 1 aromatic rings. The minimum absolute atomic E-state index is 0.0728. The van der Waals surface area contributed by atoms with Crippen molar-refractivity contribution in [2.24, 2.45) is 5.73 Å². The van der Waals surface area contributed by atoms with E-state index in [1.165, 1.54) is 7.11 Å². The van der Waals surface area contributed by atoms with E-state index < -0.39 is 0 Å². The van der Waals surface area contributed by atoms with Crippen LogP contribution in [-0.4, -0.2) is 12.2 Å². The van der Waals surface area contributed by atoms with Gasteiger partial charge in [0.2, 0.25) is 0 Å². The summed E-state index contributed by atoms with van der Waals surface area (Å²) in [5, 5.41) is 9.88. The average molecular weight is 258 g/mol. The highest BCUT2D eigenvalue weighted by Gasteiger charge is 2.27. The van der Waals surface area contributed by atoms with Crippen LogP contribution in [-0.2, 0) is 6.42 Å². The third-order valence-electron chi connectivity index (χ3n) is 2.66. The first-order chi connectivity index (χ1) is 6.65. The first-order valence-corrected chi connectivity index (χ1v) is 5.28. The van der Waals surface area contributed by atoms with Gasteiger partial charge in [0.25, 0.3) is 0 Å². The lowest BCUT2D eigenvalue weighted by atomic mass is 10.1. The lowest BCUT2D eigenvalue weighted by molar-refractivity contribution is 0.369. The summed E-state index contributed by atoms with van der Waals surface area (Å²) in [5.41, 5.74) is 7.84. The van der Waals surface area contributed by atoms with Gasteiger partial charge in [-0.15, -0.1) is 0 Å². The molecule has 0 spiro atoms. The number of nitrogens with two attached hydrogens (primary N) is 1. The van der Waals surface area contributed by atoms with E-state index in [4.69, 9.17) is 10.5 Å². The van der Waals surface area contributed by atoms with Gasteiger partial charge in [-0.3, -0.25) is 0 Å². The van der Waals surface area contributed by atoms with Gasteiger partial charge in [0.15, 0.2) is 11.5 Å². The number of hydrogen-bond acceptors (Lipinski definition) is 3. The van der Waals surface area contributed by atoms with Crippen LogP contribution in [0.2, 0.25) is 0 Å². The van der Waals surface area contributed by atoms with Crippen LogP contribution in [0.25, 0.3) is 0 Å². The number of hydrogen-bond donors (Lipinski definition) is 2.